The number of amides is 2. The number of carbonyl (C=O) groups excluding carboxylic acids is 4. The van der Waals surface area contributed by atoms with E-state index >= 15 is 0 Å². The zero-order valence-electron chi connectivity index (χ0n) is 18.0. The molecule has 1 fully saturated rings. The minimum absolute atomic E-state index is 0.0373. The van der Waals surface area contributed by atoms with Gasteiger partial charge in [0.2, 0.25) is 5.91 Å². The Hall–Kier alpha value is -3.10. The molecule has 0 saturated carbocycles. The number of ether oxygens (including phenoxy) is 2. The molecule has 1 aliphatic rings. The van der Waals surface area contributed by atoms with Gasteiger partial charge in [-0.1, -0.05) is 23.2 Å². The summed E-state index contributed by atoms with van der Waals surface area (Å²) in [6, 6.07) is 10.9. The Balaban J connectivity index is 1.52. The second-order valence-corrected chi connectivity index (χ2v) is 8.51. The molecule has 0 spiro atoms. The fraction of sp³-hybridized carbons (Fsp3) is 0.304. The topological polar surface area (TPSA) is 102 Å². The van der Waals surface area contributed by atoms with E-state index in [-0.39, 0.29) is 30.0 Å². The number of anilines is 2. The monoisotopic (exact) mass is 492 g/mol. The van der Waals surface area contributed by atoms with Gasteiger partial charge in [0.25, 0.3) is 5.91 Å². The fourth-order valence-electron chi connectivity index (χ4n) is 3.20. The third-order valence-electron chi connectivity index (χ3n) is 4.76. The minimum atomic E-state index is -0.708. The number of benzene rings is 2. The van der Waals surface area contributed by atoms with Gasteiger partial charge >= 0.3 is 11.9 Å². The highest BCUT2D eigenvalue weighted by molar-refractivity contribution is 6.42. The normalized spacial score (nSPS) is 15.5. The van der Waals surface area contributed by atoms with Gasteiger partial charge in [-0.05, 0) is 56.3 Å². The third-order valence-corrected chi connectivity index (χ3v) is 5.50. The molecule has 1 N–H and O–H groups in total. The Kier molecular flexibility index (Phi) is 7.94. The minimum Gasteiger partial charge on any atom is -0.459 e. The van der Waals surface area contributed by atoms with Crippen LogP contribution >= 0.6 is 23.2 Å². The van der Waals surface area contributed by atoms with Crippen molar-refractivity contribution in [2.75, 3.05) is 23.4 Å². The molecule has 0 aliphatic carbocycles. The van der Waals surface area contributed by atoms with Crippen molar-refractivity contribution in [1.29, 1.82) is 0 Å². The van der Waals surface area contributed by atoms with Gasteiger partial charge in [0.05, 0.1) is 27.6 Å². The molecule has 2 aromatic carbocycles. The number of nitrogens with zero attached hydrogens (tertiary/aromatic N) is 1. The molecule has 2 aromatic rings. The van der Waals surface area contributed by atoms with Crippen LogP contribution in [0.5, 0.6) is 0 Å². The molecule has 1 heterocycles. The summed E-state index contributed by atoms with van der Waals surface area (Å²) < 4.78 is 10.2. The Morgan fingerprint density at radius 3 is 2.42 bits per heavy atom. The summed E-state index contributed by atoms with van der Waals surface area (Å²) in [5, 5.41) is 3.18. The van der Waals surface area contributed by atoms with Crippen molar-refractivity contribution < 1.29 is 28.7 Å². The molecule has 1 saturated heterocycles. The molecule has 0 aromatic heterocycles. The lowest BCUT2D eigenvalue weighted by atomic mass is 10.1. The van der Waals surface area contributed by atoms with Gasteiger partial charge in [-0.2, -0.15) is 0 Å². The maximum Gasteiger partial charge on any atom is 0.338 e. The van der Waals surface area contributed by atoms with Crippen LogP contribution in [0, 0.1) is 5.92 Å². The zero-order valence-corrected chi connectivity index (χ0v) is 19.5. The lowest BCUT2D eigenvalue weighted by Gasteiger charge is -2.17. The van der Waals surface area contributed by atoms with Crippen LogP contribution < -0.4 is 10.2 Å². The standard InChI is InChI=1S/C23H22Cl2N2O6/c1-13(2)33-23(31)14-3-6-17(7-4-14)27-11-15(9-21(27)29)22(30)32-12-20(28)26-16-5-8-18(24)19(25)10-16/h3-8,10,13,15H,9,11-12H2,1-2H3,(H,26,28)/t15-/m0/s1. The Bertz CT molecular complexity index is 1070. The van der Waals surface area contributed by atoms with Crippen molar-refractivity contribution in [3.05, 3.63) is 58.1 Å². The van der Waals surface area contributed by atoms with E-state index in [2.05, 4.69) is 5.32 Å². The van der Waals surface area contributed by atoms with Crippen molar-refractivity contribution in [1.82, 2.24) is 0 Å². The first-order valence-electron chi connectivity index (χ1n) is 10.2. The summed E-state index contributed by atoms with van der Waals surface area (Å²) in [5.74, 6) is -2.61. The SMILES string of the molecule is CC(C)OC(=O)c1ccc(N2C[C@@H](C(=O)OCC(=O)Nc3ccc(Cl)c(Cl)c3)CC2=O)cc1. The summed E-state index contributed by atoms with van der Waals surface area (Å²) in [6.45, 7) is 3.12. The lowest BCUT2D eigenvalue weighted by molar-refractivity contribution is -0.151. The molecule has 0 radical (unpaired) electrons. The molecule has 1 aliphatic heterocycles. The van der Waals surface area contributed by atoms with Crippen LogP contribution in [0.15, 0.2) is 42.5 Å². The molecule has 1 atom stereocenters. The average Bonchev–Trinajstić information content (AvgIpc) is 3.16. The molecule has 8 nitrogen and oxygen atoms in total. The van der Waals surface area contributed by atoms with Gasteiger partial charge in [-0.15, -0.1) is 0 Å². The van der Waals surface area contributed by atoms with Crippen LogP contribution in [0.4, 0.5) is 11.4 Å². The van der Waals surface area contributed by atoms with Gasteiger partial charge in [-0.3, -0.25) is 14.4 Å². The third kappa shape index (κ3) is 6.46. The average molecular weight is 493 g/mol. The molecule has 0 unspecified atom stereocenters. The van der Waals surface area contributed by atoms with Gasteiger partial charge < -0.3 is 19.7 Å². The number of nitrogens with one attached hydrogen (secondary N) is 1. The highest BCUT2D eigenvalue weighted by atomic mass is 35.5. The maximum atomic E-state index is 12.4. The molecule has 10 heteroatoms. The van der Waals surface area contributed by atoms with Crippen LogP contribution in [0.3, 0.4) is 0 Å². The van der Waals surface area contributed by atoms with Crippen molar-refractivity contribution in [2.45, 2.75) is 26.4 Å². The zero-order chi connectivity index (χ0) is 24.1. The summed E-state index contributed by atoms with van der Waals surface area (Å²) >= 11 is 11.7. The number of rotatable bonds is 7. The van der Waals surface area contributed by atoms with Crippen LogP contribution in [-0.4, -0.2) is 43.0 Å². The van der Waals surface area contributed by atoms with E-state index in [0.29, 0.717) is 22.0 Å². The highest BCUT2D eigenvalue weighted by Gasteiger charge is 2.36. The summed E-state index contributed by atoms with van der Waals surface area (Å²) in [6.07, 6.45) is -0.278. The Morgan fingerprint density at radius 1 is 1.09 bits per heavy atom. The number of hydrogen-bond acceptors (Lipinski definition) is 6. The Labute approximate surface area is 200 Å². The van der Waals surface area contributed by atoms with Crippen LogP contribution in [0.2, 0.25) is 10.0 Å². The van der Waals surface area contributed by atoms with Crippen LogP contribution in [0.1, 0.15) is 30.6 Å². The van der Waals surface area contributed by atoms with Crippen LogP contribution in [0.25, 0.3) is 0 Å². The summed E-state index contributed by atoms with van der Waals surface area (Å²) in [4.78, 5) is 50.3. The predicted molar refractivity (Wildman–Crippen MR) is 124 cm³/mol. The van der Waals surface area contributed by atoms with Crippen molar-refractivity contribution in [3.63, 3.8) is 0 Å². The highest BCUT2D eigenvalue weighted by Crippen LogP contribution is 2.27. The molecule has 2 amide bonds. The largest absolute Gasteiger partial charge is 0.459 e. The number of halogens is 2. The lowest BCUT2D eigenvalue weighted by Crippen LogP contribution is -2.28. The first-order valence-corrected chi connectivity index (χ1v) is 10.9. The quantitative estimate of drug-likeness (QED) is 0.583. The van der Waals surface area contributed by atoms with E-state index in [1.165, 1.54) is 17.0 Å². The van der Waals surface area contributed by atoms with Gasteiger partial charge in [0, 0.05) is 24.3 Å². The molecular weight excluding hydrogens is 471 g/mol. The van der Waals surface area contributed by atoms with Gasteiger partial charge in [0.1, 0.15) is 0 Å². The predicted octanol–water partition coefficient (Wildman–Crippen LogP) is 4.09. The van der Waals surface area contributed by atoms with E-state index in [9.17, 15) is 19.2 Å². The van der Waals surface area contributed by atoms with E-state index in [1.54, 1.807) is 44.2 Å². The van der Waals surface area contributed by atoms with E-state index in [0.717, 1.165) is 0 Å². The van der Waals surface area contributed by atoms with Gasteiger partial charge in [-0.25, -0.2) is 4.79 Å². The number of carbonyl (C=O) groups is 4. The van der Waals surface area contributed by atoms with Crippen molar-refractivity contribution >= 4 is 58.3 Å². The molecule has 33 heavy (non-hydrogen) atoms. The van der Waals surface area contributed by atoms with E-state index in [1.807, 2.05) is 0 Å². The van der Waals surface area contributed by atoms with Crippen LogP contribution in [-0.2, 0) is 23.9 Å². The molecular formula is C23H22Cl2N2O6. The van der Waals surface area contributed by atoms with Crippen molar-refractivity contribution in [2.24, 2.45) is 5.92 Å². The first kappa shape index (κ1) is 24.5. The fourth-order valence-corrected chi connectivity index (χ4v) is 3.50. The first-order chi connectivity index (χ1) is 15.6. The molecule has 0 bridgehead atoms. The number of esters is 2. The Morgan fingerprint density at radius 2 is 1.79 bits per heavy atom. The second-order valence-electron chi connectivity index (χ2n) is 7.69. The second kappa shape index (κ2) is 10.7. The summed E-state index contributed by atoms with van der Waals surface area (Å²) in [5.41, 5.74) is 1.32. The van der Waals surface area contributed by atoms with Crippen molar-refractivity contribution in [3.8, 4) is 0 Å². The smallest absolute Gasteiger partial charge is 0.338 e. The number of hydrogen-bond donors (Lipinski definition) is 1. The van der Waals surface area contributed by atoms with Gasteiger partial charge in [0.15, 0.2) is 6.61 Å². The summed E-state index contributed by atoms with van der Waals surface area (Å²) in [7, 11) is 0. The molecule has 174 valence electrons. The molecule has 3 rings (SSSR count). The van der Waals surface area contributed by atoms with E-state index < -0.39 is 30.4 Å². The van der Waals surface area contributed by atoms with E-state index in [4.69, 9.17) is 32.7 Å². The maximum absolute atomic E-state index is 12.4.